The van der Waals surface area contributed by atoms with Gasteiger partial charge in [-0.1, -0.05) is 6.92 Å². The quantitative estimate of drug-likeness (QED) is 0.879. The van der Waals surface area contributed by atoms with Crippen molar-refractivity contribution in [3.8, 4) is 17.0 Å². The number of carboxylic acid groups (broad SMARTS) is 1. The molecule has 0 spiro atoms. The Labute approximate surface area is 131 Å². The number of rotatable bonds is 4. The molecule has 0 radical (unpaired) electrons. The number of aliphatic carboxylic acids is 1. The number of carbonyl (C=O) groups is 1. The predicted octanol–water partition coefficient (Wildman–Crippen LogP) is 2.48. The van der Waals surface area contributed by atoms with Gasteiger partial charge in [0.1, 0.15) is 11.9 Å². The molecule has 0 fully saturated rings. The van der Waals surface area contributed by atoms with Crippen molar-refractivity contribution in [2.24, 2.45) is 0 Å². The van der Waals surface area contributed by atoms with E-state index < -0.39 is 12.1 Å². The Morgan fingerprint density at radius 3 is 3.05 bits per heavy atom. The van der Waals surface area contributed by atoms with E-state index in [9.17, 15) is 9.90 Å². The van der Waals surface area contributed by atoms with Gasteiger partial charge < -0.3 is 19.6 Å². The van der Waals surface area contributed by atoms with Gasteiger partial charge >= 0.3 is 0 Å². The molecule has 1 aromatic heterocycles. The Kier molecular flexibility index (Phi) is 3.82. The number of aromatic amines is 1. The van der Waals surface area contributed by atoms with Gasteiger partial charge in [-0.15, -0.1) is 11.3 Å². The summed E-state index contributed by atoms with van der Waals surface area (Å²) in [4.78, 5) is 15.4. The van der Waals surface area contributed by atoms with E-state index in [-0.39, 0.29) is 0 Å². The number of fused-ring (bicyclic) bond motifs is 3. The lowest BCUT2D eigenvalue weighted by molar-refractivity contribution is -0.313. The van der Waals surface area contributed by atoms with Crippen molar-refractivity contribution in [2.75, 3.05) is 0 Å². The fraction of sp³-hybridized carbons (Fsp3) is 0.333. The van der Waals surface area contributed by atoms with Gasteiger partial charge in [0.05, 0.1) is 11.7 Å². The summed E-state index contributed by atoms with van der Waals surface area (Å²) in [6, 6.07) is 5.68. The number of carboxylic acids is 1. The van der Waals surface area contributed by atoms with Crippen LogP contribution in [0.5, 0.6) is 5.75 Å². The first-order chi connectivity index (χ1) is 10.1. The smallest absolute Gasteiger partial charge is 0.159 e. The zero-order valence-corrected chi connectivity index (χ0v) is 13.1. The lowest BCUT2D eigenvalue weighted by atomic mass is 9.93. The molecule has 110 valence electrons. The zero-order valence-electron chi connectivity index (χ0n) is 11.5. The normalized spacial score (nSPS) is 14.1. The number of nitrogens with one attached hydrogen (secondary N) is 1. The number of H-pyrrole nitrogens is 1. The van der Waals surface area contributed by atoms with E-state index >= 15 is 0 Å². The van der Waals surface area contributed by atoms with Crippen LogP contribution < -0.4 is 9.84 Å². The van der Waals surface area contributed by atoms with Gasteiger partial charge in [0, 0.05) is 10.4 Å². The van der Waals surface area contributed by atoms with Crippen molar-refractivity contribution in [1.82, 2.24) is 4.98 Å². The summed E-state index contributed by atoms with van der Waals surface area (Å²) < 4.78 is 6.28. The molecular formula is C15H14NO3S2-. The summed E-state index contributed by atoms with van der Waals surface area (Å²) in [5.41, 5.74) is 3.36. The molecule has 6 heteroatoms. The number of hydrogen-bond donors (Lipinski definition) is 1. The van der Waals surface area contributed by atoms with Crippen LogP contribution in [0.15, 0.2) is 18.2 Å². The van der Waals surface area contributed by atoms with Crippen LogP contribution in [-0.2, 0) is 17.6 Å². The fourth-order valence-electron chi connectivity index (χ4n) is 2.56. The largest absolute Gasteiger partial charge is 0.546 e. The van der Waals surface area contributed by atoms with Crippen LogP contribution in [-0.4, -0.2) is 17.1 Å². The Balaban J connectivity index is 1.93. The molecule has 1 N–H and O–H groups in total. The molecule has 1 heterocycles. The summed E-state index contributed by atoms with van der Waals surface area (Å²) in [5, 5.41) is 10.9. The maximum absolute atomic E-state index is 10.9. The molecule has 0 saturated carbocycles. The lowest BCUT2D eigenvalue weighted by Crippen LogP contribution is -2.39. The average Bonchev–Trinajstić information content (AvgIpc) is 2.84. The van der Waals surface area contributed by atoms with Crippen LogP contribution in [0.1, 0.15) is 23.8 Å². The number of ether oxygens (including phenoxy) is 1. The van der Waals surface area contributed by atoms with Crippen LogP contribution in [0, 0.1) is 3.95 Å². The van der Waals surface area contributed by atoms with Crippen molar-refractivity contribution < 1.29 is 14.6 Å². The highest BCUT2D eigenvalue weighted by Crippen LogP contribution is 2.37. The highest BCUT2D eigenvalue weighted by atomic mass is 32.1. The first-order valence-corrected chi connectivity index (χ1v) is 8.03. The molecule has 0 aliphatic heterocycles. The molecular weight excluding hydrogens is 306 g/mol. The van der Waals surface area contributed by atoms with Gasteiger partial charge in [-0.3, -0.25) is 0 Å². The molecule has 1 aliphatic rings. The van der Waals surface area contributed by atoms with E-state index in [0.29, 0.717) is 12.2 Å². The SMILES string of the molecule is CCC(Oc1ccc2c(c1)CCc1sc(=S)[nH]c1-2)C(=O)[O-]. The minimum absolute atomic E-state index is 0.376. The van der Waals surface area contributed by atoms with Crippen LogP contribution in [0.2, 0.25) is 0 Å². The topological polar surface area (TPSA) is 65.2 Å². The van der Waals surface area contributed by atoms with E-state index in [2.05, 4.69) is 4.98 Å². The second-order valence-electron chi connectivity index (χ2n) is 4.97. The van der Waals surface area contributed by atoms with Crippen LogP contribution in [0.3, 0.4) is 0 Å². The number of aromatic nitrogens is 1. The second-order valence-corrected chi connectivity index (χ2v) is 6.74. The number of thiazole rings is 1. The molecule has 1 aromatic carbocycles. The van der Waals surface area contributed by atoms with E-state index in [4.69, 9.17) is 17.0 Å². The third kappa shape index (κ3) is 2.73. The van der Waals surface area contributed by atoms with Gasteiger partial charge in [0.2, 0.25) is 0 Å². The van der Waals surface area contributed by atoms with Gasteiger partial charge in [-0.05, 0) is 55.2 Å². The van der Waals surface area contributed by atoms with E-state index in [1.54, 1.807) is 24.3 Å². The van der Waals surface area contributed by atoms with Crippen molar-refractivity contribution in [2.45, 2.75) is 32.3 Å². The molecule has 4 nitrogen and oxygen atoms in total. The number of hydrogen-bond acceptors (Lipinski definition) is 5. The van der Waals surface area contributed by atoms with Crippen LogP contribution in [0.4, 0.5) is 0 Å². The number of carbonyl (C=O) groups excluding carboxylic acids is 1. The van der Waals surface area contributed by atoms with E-state index in [0.717, 1.165) is 33.6 Å². The minimum Gasteiger partial charge on any atom is -0.546 e. The summed E-state index contributed by atoms with van der Waals surface area (Å²) in [6.45, 7) is 1.76. The Hall–Kier alpha value is -1.66. The van der Waals surface area contributed by atoms with E-state index in [1.165, 1.54) is 4.88 Å². The summed E-state index contributed by atoms with van der Waals surface area (Å²) in [7, 11) is 0. The third-order valence-electron chi connectivity index (χ3n) is 3.60. The predicted molar refractivity (Wildman–Crippen MR) is 82.1 cm³/mol. The van der Waals surface area contributed by atoms with Gasteiger partial charge in [-0.25, -0.2) is 0 Å². The standard InChI is InChI=1S/C15H15NO3S2/c1-2-11(14(17)18)19-9-4-5-10-8(7-9)3-6-12-13(10)16-15(20)21-12/h4-5,7,11H,2-3,6H2,1H3,(H,16,20)(H,17,18)/p-1. The maximum Gasteiger partial charge on any atom is 0.159 e. The highest BCUT2D eigenvalue weighted by Gasteiger charge is 2.19. The third-order valence-corrected chi connectivity index (χ3v) is 4.90. The summed E-state index contributed by atoms with van der Waals surface area (Å²) >= 11 is 6.82. The van der Waals surface area contributed by atoms with Gasteiger partial charge in [0.15, 0.2) is 3.95 Å². The molecule has 2 aromatic rings. The summed E-state index contributed by atoms with van der Waals surface area (Å²) in [5.74, 6) is -0.610. The van der Waals surface area contributed by atoms with Crippen molar-refractivity contribution in [3.05, 3.63) is 32.6 Å². The van der Waals surface area contributed by atoms with Crippen molar-refractivity contribution >= 4 is 29.5 Å². The second kappa shape index (κ2) is 5.61. The first-order valence-electron chi connectivity index (χ1n) is 6.81. The van der Waals surface area contributed by atoms with Crippen molar-refractivity contribution in [3.63, 3.8) is 0 Å². The molecule has 3 rings (SSSR count). The number of benzene rings is 1. The molecule has 1 atom stereocenters. The molecule has 1 unspecified atom stereocenters. The van der Waals surface area contributed by atoms with Gasteiger partial charge in [-0.2, -0.15) is 0 Å². The Morgan fingerprint density at radius 1 is 1.52 bits per heavy atom. The molecule has 1 aliphatic carbocycles. The van der Waals surface area contributed by atoms with Crippen LogP contribution >= 0.6 is 23.6 Å². The Bertz CT molecular complexity index is 748. The number of aryl methyl sites for hydroxylation is 2. The first kappa shape index (κ1) is 14.3. The van der Waals surface area contributed by atoms with Crippen molar-refractivity contribution in [1.29, 1.82) is 0 Å². The van der Waals surface area contributed by atoms with E-state index in [1.807, 2.05) is 12.1 Å². The fourth-order valence-corrected chi connectivity index (χ4v) is 3.81. The molecule has 0 saturated heterocycles. The minimum atomic E-state index is -1.18. The maximum atomic E-state index is 10.9. The van der Waals surface area contributed by atoms with Gasteiger partial charge in [0.25, 0.3) is 0 Å². The monoisotopic (exact) mass is 320 g/mol. The lowest BCUT2D eigenvalue weighted by Gasteiger charge is -2.21. The Morgan fingerprint density at radius 2 is 2.33 bits per heavy atom. The highest BCUT2D eigenvalue weighted by molar-refractivity contribution is 7.73. The average molecular weight is 320 g/mol. The summed E-state index contributed by atoms with van der Waals surface area (Å²) in [6.07, 6.45) is 1.32. The molecule has 0 bridgehead atoms. The van der Waals surface area contributed by atoms with Crippen LogP contribution in [0.25, 0.3) is 11.3 Å². The molecule has 21 heavy (non-hydrogen) atoms. The molecule has 0 amide bonds. The zero-order chi connectivity index (χ0) is 15.0.